The molecule has 2 aliphatic rings. The van der Waals surface area contributed by atoms with Crippen LogP contribution in [0.15, 0.2) is 59.7 Å². The number of hydrazone groups is 1. The average molecular weight is 413 g/mol. The summed E-state index contributed by atoms with van der Waals surface area (Å²) in [5.74, 6) is 6.15. The minimum Gasteiger partial charge on any atom is -0.323 e. The van der Waals surface area contributed by atoms with Crippen molar-refractivity contribution >= 4 is 17.1 Å². The molecule has 0 fully saturated rings. The first-order valence-corrected chi connectivity index (χ1v) is 11.1. The van der Waals surface area contributed by atoms with Crippen LogP contribution in [0.3, 0.4) is 0 Å². The van der Waals surface area contributed by atoms with Gasteiger partial charge in [0.25, 0.3) is 0 Å². The molecule has 0 aromatic heterocycles. The molecule has 0 saturated heterocycles. The molecule has 4 rings (SSSR count). The van der Waals surface area contributed by atoms with E-state index in [1.54, 1.807) is 0 Å². The molecule has 0 heterocycles. The Labute approximate surface area is 185 Å². The lowest BCUT2D eigenvalue weighted by Crippen LogP contribution is -2.30. The maximum atomic E-state index is 12.3. The Morgan fingerprint density at radius 3 is 2.16 bits per heavy atom. The standard InChI is InChI=1S/C28H32N2O/c1-18-16-23-24(28(4,5)15-14-27(23,2)3)17-22(18)26(30-29)20-12-10-19(11-13-20)21-8-6-7-9-25(21)31/h8,10-17H,6-7,9,29H2,1-5H3/b30-26+. The van der Waals surface area contributed by atoms with Crippen molar-refractivity contribution in [2.24, 2.45) is 10.9 Å². The molecule has 2 aliphatic carbocycles. The maximum absolute atomic E-state index is 12.3. The molecule has 2 aromatic rings. The average Bonchev–Trinajstić information content (AvgIpc) is 2.74. The summed E-state index contributed by atoms with van der Waals surface area (Å²) in [6.07, 6.45) is 9.23. The van der Waals surface area contributed by atoms with E-state index in [9.17, 15) is 4.79 Å². The zero-order chi connectivity index (χ0) is 22.4. The van der Waals surface area contributed by atoms with E-state index in [2.05, 4.69) is 70.1 Å². The normalized spacial score (nSPS) is 19.7. The van der Waals surface area contributed by atoms with Crippen LogP contribution in [-0.2, 0) is 15.6 Å². The summed E-state index contributed by atoms with van der Waals surface area (Å²) in [7, 11) is 0. The summed E-state index contributed by atoms with van der Waals surface area (Å²) < 4.78 is 0. The van der Waals surface area contributed by atoms with Gasteiger partial charge < -0.3 is 5.84 Å². The van der Waals surface area contributed by atoms with Gasteiger partial charge in [0.05, 0.1) is 5.71 Å². The molecule has 0 atom stereocenters. The van der Waals surface area contributed by atoms with Crippen molar-refractivity contribution in [3.8, 4) is 0 Å². The van der Waals surface area contributed by atoms with Crippen LogP contribution >= 0.6 is 0 Å². The van der Waals surface area contributed by atoms with Crippen molar-refractivity contribution in [2.75, 3.05) is 0 Å². The molecule has 2 N–H and O–H groups in total. The van der Waals surface area contributed by atoms with Crippen LogP contribution in [0.4, 0.5) is 0 Å². The minimum atomic E-state index is -0.0509. The van der Waals surface area contributed by atoms with Gasteiger partial charge in [0.1, 0.15) is 0 Å². The van der Waals surface area contributed by atoms with Crippen molar-refractivity contribution < 1.29 is 4.79 Å². The van der Waals surface area contributed by atoms with Gasteiger partial charge >= 0.3 is 0 Å². The second-order valence-electron chi connectivity index (χ2n) is 9.98. The van der Waals surface area contributed by atoms with E-state index < -0.39 is 0 Å². The Kier molecular flexibility index (Phi) is 5.25. The smallest absolute Gasteiger partial charge is 0.163 e. The number of nitrogens with zero attached hydrogens (tertiary/aromatic N) is 1. The number of carbonyl (C=O) groups excluding carboxylic acids is 1. The lowest BCUT2D eigenvalue weighted by molar-refractivity contribution is -0.114. The van der Waals surface area contributed by atoms with Crippen LogP contribution < -0.4 is 5.84 Å². The third kappa shape index (κ3) is 3.78. The molecule has 160 valence electrons. The zero-order valence-corrected chi connectivity index (χ0v) is 19.3. The van der Waals surface area contributed by atoms with Crippen LogP contribution in [0.25, 0.3) is 5.57 Å². The molecule has 3 nitrogen and oxygen atoms in total. The van der Waals surface area contributed by atoms with E-state index in [0.29, 0.717) is 6.42 Å². The fraction of sp³-hybridized carbons (Fsp3) is 0.357. The predicted molar refractivity (Wildman–Crippen MR) is 129 cm³/mol. The topological polar surface area (TPSA) is 55.4 Å². The number of nitrogens with two attached hydrogens (primary N) is 1. The highest BCUT2D eigenvalue weighted by atomic mass is 16.1. The fourth-order valence-electron chi connectivity index (χ4n) is 4.77. The van der Waals surface area contributed by atoms with Crippen molar-refractivity contribution in [3.63, 3.8) is 0 Å². The third-order valence-corrected chi connectivity index (χ3v) is 6.78. The van der Waals surface area contributed by atoms with Crippen LogP contribution in [0.1, 0.15) is 80.3 Å². The van der Waals surface area contributed by atoms with Crippen molar-refractivity contribution in [2.45, 2.75) is 64.7 Å². The first kappa shape index (κ1) is 21.3. The highest BCUT2D eigenvalue weighted by Crippen LogP contribution is 2.42. The molecule has 0 spiro atoms. The summed E-state index contributed by atoms with van der Waals surface area (Å²) in [6, 6.07) is 12.6. The lowest BCUT2D eigenvalue weighted by atomic mass is 9.67. The number of aryl methyl sites for hydroxylation is 1. The van der Waals surface area contributed by atoms with Gasteiger partial charge in [-0.25, -0.2) is 0 Å². The molecule has 2 aromatic carbocycles. The largest absolute Gasteiger partial charge is 0.323 e. The van der Waals surface area contributed by atoms with Gasteiger partial charge in [0.2, 0.25) is 0 Å². The van der Waals surface area contributed by atoms with Crippen molar-refractivity contribution in [3.05, 3.63) is 88.0 Å². The zero-order valence-electron chi connectivity index (χ0n) is 19.3. The van der Waals surface area contributed by atoms with E-state index >= 15 is 0 Å². The van der Waals surface area contributed by atoms with Gasteiger partial charge in [-0.3, -0.25) is 4.79 Å². The molecular formula is C28H32N2O. The molecule has 0 amide bonds. The number of benzene rings is 2. The number of hydrogen-bond acceptors (Lipinski definition) is 3. The predicted octanol–water partition coefficient (Wildman–Crippen LogP) is 5.97. The summed E-state index contributed by atoms with van der Waals surface area (Å²) in [5.41, 5.74) is 8.38. The maximum Gasteiger partial charge on any atom is 0.163 e. The van der Waals surface area contributed by atoms with Crippen LogP contribution in [0.2, 0.25) is 0 Å². The van der Waals surface area contributed by atoms with Crippen LogP contribution in [0, 0.1) is 6.92 Å². The van der Waals surface area contributed by atoms with Gasteiger partial charge in [0, 0.05) is 34.0 Å². The molecule has 0 aliphatic heterocycles. The number of fused-ring (bicyclic) bond motifs is 1. The quantitative estimate of drug-likeness (QED) is 0.292. The summed E-state index contributed by atoms with van der Waals surface area (Å²) in [5, 5.41) is 4.20. The van der Waals surface area contributed by atoms with Crippen LogP contribution in [-0.4, -0.2) is 11.5 Å². The summed E-state index contributed by atoms with van der Waals surface area (Å²) in [4.78, 5) is 12.3. The fourth-order valence-corrected chi connectivity index (χ4v) is 4.77. The number of hydrogen-bond donors (Lipinski definition) is 1. The van der Waals surface area contributed by atoms with E-state index in [0.717, 1.165) is 46.4 Å². The lowest BCUT2D eigenvalue weighted by Gasteiger charge is -2.37. The Bertz CT molecular complexity index is 1130. The molecule has 31 heavy (non-hydrogen) atoms. The number of ketones is 1. The molecule has 0 saturated carbocycles. The van der Waals surface area contributed by atoms with Gasteiger partial charge in [-0.1, -0.05) is 76.3 Å². The van der Waals surface area contributed by atoms with Gasteiger partial charge in [0.15, 0.2) is 5.78 Å². The molecule has 0 unspecified atom stereocenters. The van der Waals surface area contributed by atoms with Gasteiger partial charge in [-0.15, -0.1) is 0 Å². The number of allylic oxidation sites excluding steroid dienone is 4. The second kappa shape index (κ2) is 7.64. The Hall–Kier alpha value is -2.94. The molecule has 3 heteroatoms. The third-order valence-electron chi connectivity index (χ3n) is 6.78. The van der Waals surface area contributed by atoms with Gasteiger partial charge in [-0.05, 0) is 48.1 Å². The number of Topliss-reactive ketones (excluding diaryl/α,β-unsaturated/α-hetero) is 1. The highest BCUT2D eigenvalue weighted by Gasteiger charge is 2.33. The first-order valence-electron chi connectivity index (χ1n) is 11.1. The van der Waals surface area contributed by atoms with E-state index in [1.165, 1.54) is 11.1 Å². The summed E-state index contributed by atoms with van der Waals surface area (Å²) in [6.45, 7) is 11.1. The molecular weight excluding hydrogens is 380 g/mol. The van der Waals surface area contributed by atoms with E-state index in [-0.39, 0.29) is 16.6 Å². The van der Waals surface area contributed by atoms with Crippen LogP contribution in [0.5, 0.6) is 0 Å². The Balaban J connectivity index is 1.76. The molecule has 0 radical (unpaired) electrons. The second-order valence-corrected chi connectivity index (χ2v) is 9.98. The number of carbonyl (C=O) groups is 1. The highest BCUT2D eigenvalue weighted by molar-refractivity contribution is 6.21. The Morgan fingerprint density at radius 2 is 1.58 bits per heavy atom. The van der Waals surface area contributed by atoms with Gasteiger partial charge in [-0.2, -0.15) is 5.10 Å². The van der Waals surface area contributed by atoms with E-state index in [1.807, 2.05) is 24.3 Å². The monoisotopic (exact) mass is 412 g/mol. The minimum absolute atomic E-state index is 0.00390. The summed E-state index contributed by atoms with van der Waals surface area (Å²) >= 11 is 0. The molecule has 0 bridgehead atoms. The van der Waals surface area contributed by atoms with Crippen molar-refractivity contribution in [1.29, 1.82) is 0 Å². The Morgan fingerprint density at radius 1 is 0.968 bits per heavy atom. The van der Waals surface area contributed by atoms with Crippen molar-refractivity contribution in [1.82, 2.24) is 0 Å². The SMILES string of the molecule is Cc1cc2c(cc1/C(=N/N)c1ccc(C3=CCCCC3=O)cc1)C(C)(C)C=CC2(C)C. The number of rotatable bonds is 3. The van der Waals surface area contributed by atoms with E-state index in [4.69, 9.17) is 5.84 Å². The first-order chi connectivity index (χ1) is 14.6.